The van der Waals surface area contributed by atoms with Gasteiger partial charge in [0.25, 0.3) is 0 Å². The SMILES string of the molecule is CCN1CCN(Cc2ccc(Br)cc2)CC1C. The van der Waals surface area contributed by atoms with Crippen LogP contribution in [0.1, 0.15) is 19.4 Å². The zero-order valence-electron chi connectivity index (χ0n) is 10.7. The Morgan fingerprint density at radius 3 is 2.53 bits per heavy atom. The fourth-order valence-corrected chi connectivity index (χ4v) is 2.80. The fourth-order valence-electron chi connectivity index (χ4n) is 2.53. The van der Waals surface area contributed by atoms with Crippen LogP contribution in [0, 0.1) is 0 Å². The third-order valence-corrected chi connectivity index (χ3v) is 4.10. The summed E-state index contributed by atoms with van der Waals surface area (Å²) in [6, 6.07) is 9.36. The van der Waals surface area contributed by atoms with E-state index in [0.29, 0.717) is 6.04 Å². The van der Waals surface area contributed by atoms with Gasteiger partial charge in [-0.15, -0.1) is 0 Å². The van der Waals surface area contributed by atoms with E-state index in [0.717, 1.165) is 11.0 Å². The summed E-state index contributed by atoms with van der Waals surface area (Å²) in [5.74, 6) is 0. The van der Waals surface area contributed by atoms with Gasteiger partial charge in [-0.3, -0.25) is 9.80 Å². The molecule has 1 heterocycles. The van der Waals surface area contributed by atoms with Crippen LogP contribution in [0.4, 0.5) is 0 Å². The minimum Gasteiger partial charge on any atom is -0.298 e. The topological polar surface area (TPSA) is 6.48 Å². The number of hydrogen-bond donors (Lipinski definition) is 0. The minimum atomic E-state index is 0.684. The van der Waals surface area contributed by atoms with E-state index in [4.69, 9.17) is 0 Å². The zero-order valence-corrected chi connectivity index (χ0v) is 12.3. The molecule has 0 N–H and O–H groups in total. The first-order valence-electron chi connectivity index (χ1n) is 6.40. The molecule has 3 heteroatoms. The molecule has 0 aliphatic carbocycles. The molecule has 0 aromatic heterocycles. The highest BCUT2D eigenvalue weighted by atomic mass is 79.9. The summed E-state index contributed by atoms with van der Waals surface area (Å²) in [6.07, 6.45) is 0. The molecule has 0 spiro atoms. The van der Waals surface area contributed by atoms with Crippen molar-refractivity contribution in [1.82, 2.24) is 9.80 Å². The Morgan fingerprint density at radius 1 is 1.24 bits per heavy atom. The Hall–Kier alpha value is -0.380. The summed E-state index contributed by atoms with van der Waals surface area (Å²) in [5, 5.41) is 0. The van der Waals surface area contributed by atoms with Crippen LogP contribution in [0.3, 0.4) is 0 Å². The number of hydrogen-bond acceptors (Lipinski definition) is 2. The van der Waals surface area contributed by atoms with E-state index in [1.807, 2.05) is 0 Å². The van der Waals surface area contributed by atoms with Crippen LogP contribution in [0.5, 0.6) is 0 Å². The normalized spacial score (nSPS) is 22.9. The van der Waals surface area contributed by atoms with Crippen LogP contribution in [0.25, 0.3) is 0 Å². The molecule has 1 aliphatic heterocycles. The molecule has 0 amide bonds. The highest BCUT2D eigenvalue weighted by molar-refractivity contribution is 9.10. The molecule has 0 saturated carbocycles. The summed E-state index contributed by atoms with van der Waals surface area (Å²) in [4.78, 5) is 5.11. The quantitative estimate of drug-likeness (QED) is 0.846. The highest BCUT2D eigenvalue weighted by Crippen LogP contribution is 2.15. The summed E-state index contributed by atoms with van der Waals surface area (Å²) in [6.45, 7) is 10.4. The molecule has 2 nitrogen and oxygen atoms in total. The Morgan fingerprint density at radius 2 is 1.94 bits per heavy atom. The van der Waals surface area contributed by atoms with Gasteiger partial charge in [-0.2, -0.15) is 0 Å². The molecule has 0 bridgehead atoms. The van der Waals surface area contributed by atoms with Crippen molar-refractivity contribution in [2.24, 2.45) is 0 Å². The van der Waals surface area contributed by atoms with Crippen LogP contribution in [-0.2, 0) is 6.54 Å². The average Bonchev–Trinajstić information content (AvgIpc) is 2.32. The van der Waals surface area contributed by atoms with Gasteiger partial charge in [0, 0.05) is 36.7 Å². The molecule has 1 aliphatic rings. The summed E-state index contributed by atoms with van der Waals surface area (Å²) in [5.41, 5.74) is 1.41. The van der Waals surface area contributed by atoms with Crippen LogP contribution < -0.4 is 0 Å². The van der Waals surface area contributed by atoms with Gasteiger partial charge in [0.2, 0.25) is 0 Å². The summed E-state index contributed by atoms with van der Waals surface area (Å²) in [7, 11) is 0. The van der Waals surface area contributed by atoms with Crippen molar-refractivity contribution < 1.29 is 0 Å². The number of halogens is 1. The maximum Gasteiger partial charge on any atom is 0.0234 e. The third kappa shape index (κ3) is 3.54. The molecule has 0 radical (unpaired) electrons. The molecule has 1 aromatic rings. The number of benzene rings is 1. The van der Waals surface area contributed by atoms with Crippen molar-refractivity contribution in [2.45, 2.75) is 26.4 Å². The number of likely N-dealkylation sites (N-methyl/N-ethyl adjacent to an activating group) is 1. The Kier molecular flexibility index (Phi) is 4.60. The van der Waals surface area contributed by atoms with Crippen LogP contribution in [0.15, 0.2) is 28.7 Å². The van der Waals surface area contributed by atoms with Crippen molar-refractivity contribution in [3.8, 4) is 0 Å². The summed E-state index contributed by atoms with van der Waals surface area (Å²) >= 11 is 3.48. The predicted octanol–water partition coefficient (Wildman–Crippen LogP) is 2.98. The maximum absolute atomic E-state index is 3.48. The average molecular weight is 297 g/mol. The zero-order chi connectivity index (χ0) is 12.3. The van der Waals surface area contributed by atoms with E-state index < -0.39 is 0 Å². The molecule has 1 saturated heterocycles. The first-order chi connectivity index (χ1) is 8.19. The molecule has 2 rings (SSSR count). The fraction of sp³-hybridized carbons (Fsp3) is 0.571. The van der Waals surface area contributed by atoms with Crippen LogP contribution in [0.2, 0.25) is 0 Å². The van der Waals surface area contributed by atoms with Crippen molar-refractivity contribution in [3.05, 3.63) is 34.3 Å². The Bertz CT molecular complexity index is 350. The lowest BCUT2D eigenvalue weighted by molar-refractivity contribution is 0.0834. The van der Waals surface area contributed by atoms with Gasteiger partial charge >= 0.3 is 0 Å². The van der Waals surface area contributed by atoms with Crippen molar-refractivity contribution in [2.75, 3.05) is 26.2 Å². The first-order valence-corrected chi connectivity index (χ1v) is 7.19. The Labute approximate surface area is 113 Å². The van der Waals surface area contributed by atoms with Gasteiger partial charge < -0.3 is 0 Å². The summed E-state index contributed by atoms with van der Waals surface area (Å²) < 4.78 is 1.16. The van der Waals surface area contributed by atoms with Gasteiger partial charge in [-0.1, -0.05) is 35.0 Å². The molecule has 17 heavy (non-hydrogen) atoms. The van der Waals surface area contributed by atoms with Gasteiger partial charge in [0.05, 0.1) is 0 Å². The van der Waals surface area contributed by atoms with Crippen molar-refractivity contribution in [3.63, 3.8) is 0 Å². The predicted molar refractivity (Wildman–Crippen MR) is 76.1 cm³/mol. The molecule has 1 fully saturated rings. The van der Waals surface area contributed by atoms with E-state index in [2.05, 4.69) is 63.8 Å². The second kappa shape index (κ2) is 5.98. The van der Waals surface area contributed by atoms with Crippen molar-refractivity contribution in [1.29, 1.82) is 0 Å². The molecule has 1 atom stereocenters. The number of piperazine rings is 1. The van der Waals surface area contributed by atoms with Gasteiger partial charge in [-0.05, 0) is 31.2 Å². The number of nitrogens with zero attached hydrogens (tertiary/aromatic N) is 2. The van der Waals surface area contributed by atoms with Crippen molar-refractivity contribution >= 4 is 15.9 Å². The van der Waals surface area contributed by atoms with E-state index in [9.17, 15) is 0 Å². The monoisotopic (exact) mass is 296 g/mol. The largest absolute Gasteiger partial charge is 0.298 e. The Balaban J connectivity index is 1.90. The van der Waals surface area contributed by atoms with Crippen LogP contribution in [-0.4, -0.2) is 42.0 Å². The second-order valence-corrected chi connectivity index (χ2v) is 5.75. The van der Waals surface area contributed by atoms with Gasteiger partial charge in [0.1, 0.15) is 0 Å². The van der Waals surface area contributed by atoms with Gasteiger partial charge in [-0.25, -0.2) is 0 Å². The molecular weight excluding hydrogens is 276 g/mol. The maximum atomic E-state index is 3.48. The smallest absolute Gasteiger partial charge is 0.0234 e. The highest BCUT2D eigenvalue weighted by Gasteiger charge is 2.21. The van der Waals surface area contributed by atoms with E-state index >= 15 is 0 Å². The lowest BCUT2D eigenvalue weighted by Gasteiger charge is -2.39. The van der Waals surface area contributed by atoms with E-state index in [-0.39, 0.29) is 0 Å². The van der Waals surface area contributed by atoms with E-state index in [1.165, 1.54) is 31.7 Å². The van der Waals surface area contributed by atoms with Gasteiger partial charge in [0.15, 0.2) is 0 Å². The van der Waals surface area contributed by atoms with E-state index in [1.54, 1.807) is 0 Å². The molecule has 94 valence electrons. The number of rotatable bonds is 3. The second-order valence-electron chi connectivity index (χ2n) is 4.84. The standard InChI is InChI=1S/C14H21BrN2/c1-3-17-9-8-16(10-12(17)2)11-13-4-6-14(15)7-5-13/h4-7,12H,3,8-11H2,1-2H3. The molecule has 1 unspecified atom stereocenters. The molecular formula is C14H21BrN2. The lowest BCUT2D eigenvalue weighted by Crippen LogP contribution is -2.51. The third-order valence-electron chi connectivity index (χ3n) is 3.57. The first kappa shape index (κ1) is 13.1. The van der Waals surface area contributed by atoms with Crippen LogP contribution >= 0.6 is 15.9 Å². The minimum absolute atomic E-state index is 0.684. The lowest BCUT2D eigenvalue weighted by atomic mass is 10.1. The molecule has 1 aromatic carbocycles.